The fraction of sp³-hybridized carbons (Fsp3) is 0.364. The van der Waals surface area contributed by atoms with Gasteiger partial charge in [-0.3, -0.25) is 0 Å². The molecule has 0 saturated heterocycles. The molecule has 0 radical (unpaired) electrons. The van der Waals surface area contributed by atoms with Gasteiger partial charge in [-0.15, -0.1) is 22.7 Å². The number of hydrogen-bond acceptors (Lipinski definition) is 4. The van der Waals surface area contributed by atoms with Crippen molar-refractivity contribution in [2.75, 3.05) is 0 Å². The predicted molar refractivity (Wildman–Crippen MR) is 227 cm³/mol. The van der Waals surface area contributed by atoms with Crippen molar-refractivity contribution in [2.45, 2.75) is 104 Å². The number of halogens is 2. The number of aromatic nitrogens is 2. The topological polar surface area (TPSA) is 25.8 Å². The van der Waals surface area contributed by atoms with Crippen LogP contribution in [-0.4, -0.2) is 9.97 Å². The molecule has 0 fully saturated rings. The molecule has 0 aliphatic rings. The molecule has 2 nitrogen and oxygen atoms in total. The molecule has 0 unspecified atom stereocenters. The highest BCUT2D eigenvalue weighted by atomic mass is 79.9. The summed E-state index contributed by atoms with van der Waals surface area (Å²) in [4.78, 5) is 16.1. The molecule has 6 aromatic rings. The van der Waals surface area contributed by atoms with Crippen molar-refractivity contribution < 1.29 is 0 Å². The van der Waals surface area contributed by atoms with Gasteiger partial charge in [-0.2, -0.15) is 0 Å². The van der Waals surface area contributed by atoms with Crippen molar-refractivity contribution in [3.8, 4) is 43.4 Å². The van der Waals surface area contributed by atoms with Crippen molar-refractivity contribution in [2.24, 2.45) is 0 Å². The number of thiophene rings is 2. The van der Waals surface area contributed by atoms with Crippen LogP contribution in [0.25, 0.3) is 54.4 Å². The van der Waals surface area contributed by atoms with Gasteiger partial charge >= 0.3 is 0 Å². The summed E-state index contributed by atoms with van der Waals surface area (Å²) in [6.45, 7) is 4.56. The molecule has 50 heavy (non-hydrogen) atoms. The molecule has 3 aromatic carbocycles. The minimum absolute atomic E-state index is 0.855. The van der Waals surface area contributed by atoms with Crippen molar-refractivity contribution in [1.29, 1.82) is 0 Å². The fourth-order valence-electron chi connectivity index (χ4n) is 6.55. The van der Waals surface area contributed by atoms with Gasteiger partial charge in [0.25, 0.3) is 0 Å². The Morgan fingerprint density at radius 1 is 0.420 bits per heavy atom. The smallest absolute Gasteiger partial charge is 0.105 e. The Morgan fingerprint density at radius 3 is 1.18 bits per heavy atom. The highest BCUT2D eigenvalue weighted by Gasteiger charge is 2.17. The molecular formula is C44H48Br2N2S2. The molecule has 6 heteroatoms. The van der Waals surface area contributed by atoms with Gasteiger partial charge in [0.2, 0.25) is 0 Å². The van der Waals surface area contributed by atoms with Crippen LogP contribution in [0.5, 0.6) is 0 Å². The summed E-state index contributed by atoms with van der Waals surface area (Å²) in [5, 5.41) is 0. The lowest BCUT2D eigenvalue weighted by molar-refractivity contribution is 0.609. The van der Waals surface area contributed by atoms with Crippen molar-refractivity contribution in [1.82, 2.24) is 9.97 Å². The first kappa shape index (κ1) is 37.1. The number of unbranched alkanes of at least 4 members (excludes halogenated alkanes) is 10. The van der Waals surface area contributed by atoms with E-state index in [1.807, 2.05) is 34.8 Å². The summed E-state index contributed by atoms with van der Waals surface area (Å²) in [6.07, 6.45) is 18.4. The van der Waals surface area contributed by atoms with Gasteiger partial charge in [-0.25, -0.2) is 9.97 Å². The average Bonchev–Trinajstić information content (AvgIpc) is 3.83. The minimum Gasteiger partial charge on any atom is -0.243 e. The fourth-order valence-corrected chi connectivity index (χ4v) is 9.48. The molecule has 0 aliphatic heterocycles. The highest BCUT2D eigenvalue weighted by Crippen LogP contribution is 2.38. The summed E-state index contributed by atoms with van der Waals surface area (Å²) < 4.78 is 1.88. The second-order valence-corrected chi connectivity index (χ2v) is 17.4. The largest absolute Gasteiger partial charge is 0.243 e. The molecule has 0 bridgehead atoms. The van der Waals surface area contributed by atoms with Gasteiger partial charge in [0.15, 0.2) is 0 Å². The van der Waals surface area contributed by atoms with Crippen LogP contribution in [0.15, 0.2) is 93.9 Å². The van der Waals surface area contributed by atoms with Crippen LogP contribution in [0.3, 0.4) is 0 Å². The van der Waals surface area contributed by atoms with Crippen LogP contribution < -0.4 is 0 Å². The highest BCUT2D eigenvalue weighted by molar-refractivity contribution is 9.11. The molecule has 3 aromatic heterocycles. The number of aryl methyl sites for hydroxylation is 2. The minimum atomic E-state index is 0.855. The molecule has 0 N–H and O–H groups in total. The van der Waals surface area contributed by atoms with E-state index in [1.165, 1.54) is 121 Å². The second-order valence-electron chi connectivity index (χ2n) is 13.4. The standard InChI is InChI=1S/C44H48Br2N2S2/c1-3-5-7-9-11-13-15-35-25-29-39(49-35)31-17-21-33(22-18-31)41-42(48-44-38(46)28-27-37(45)43(44)47-41)34-23-19-32(20-24-34)40-30-26-36(50-40)16-14-12-10-8-6-4-2/h17-30H,3-16H2,1-2H3. The molecule has 0 aliphatic carbocycles. The van der Waals surface area contributed by atoms with E-state index in [2.05, 4.69) is 119 Å². The van der Waals surface area contributed by atoms with Gasteiger partial charge < -0.3 is 0 Å². The Bertz CT molecular complexity index is 1820. The normalized spacial score (nSPS) is 11.5. The lowest BCUT2D eigenvalue weighted by Crippen LogP contribution is -1.97. The predicted octanol–water partition coefficient (Wildman–Crippen LogP) is 15.8. The number of nitrogens with zero attached hydrogens (tertiary/aromatic N) is 2. The van der Waals surface area contributed by atoms with E-state index in [4.69, 9.17) is 9.97 Å². The van der Waals surface area contributed by atoms with Gasteiger partial charge in [-0.05, 0) is 105 Å². The third kappa shape index (κ3) is 9.61. The van der Waals surface area contributed by atoms with Gasteiger partial charge in [-0.1, -0.05) is 127 Å². The summed E-state index contributed by atoms with van der Waals surface area (Å²) in [5.41, 5.74) is 8.13. The van der Waals surface area contributed by atoms with Crippen molar-refractivity contribution in [3.05, 3.63) is 104 Å². The van der Waals surface area contributed by atoms with E-state index in [-0.39, 0.29) is 0 Å². The SMILES string of the molecule is CCCCCCCCc1ccc(-c2ccc(-c3nc4c(Br)ccc(Br)c4nc3-c3ccc(-c4ccc(CCCCCCCC)s4)cc3)cc2)s1. The first-order valence-corrected chi connectivity index (χ1v) is 21.8. The maximum Gasteiger partial charge on any atom is 0.105 e. The summed E-state index contributed by atoms with van der Waals surface area (Å²) in [6, 6.07) is 31.1. The molecule has 0 saturated carbocycles. The monoisotopic (exact) mass is 826 g/mol. The Hall–Kier alpha value is -2.64. The summed E-state index contributed by atoms with van der Waals surface area (Å²) in [7, 11) is 0. The lowest BCUT2D eigenvalue weighted by Gasteiger charge is -2.13. The lowest BCUT2D eigenvalue weighted by atomic mass is 10.0. The van der Waals surface area contributed by atoms with E-state index in [0.29, 0.717) is 0 Å². The van der Waals surface area contributed by atoms with Crippen LogP contribution in [0.4, 0.5) is 0 Å². The van der Waals surface area contributed by atoms with Crippen LogP contribution in [0, 0.1) is 0 Å². The Kier molecular flexibility index (Phi) is 13.9. The van der Waals surface area contributed by atoms with Gasteiger partial charge in [0, 0.05) is 39.6 Å². The van der Waals surface area contributed by atoms with Gasteiger partial charge in [0.05, 0.1) is 11.4 Å². The Balaban J connectivity index is 1.21. The molecule has 6 rings (SSSR count). The number of rotatable bonds is 18. The number of hydrogen-bond donors (Lipinski definition) is 0. The molecule has 260 valence electrons. The maximum absolute atomic E-state index is 5.25. The van der Waals surface area contributed by atoms with Crippen molar-refractivity contribution in [3.63, 3.8) is 0 Å². The average molecular weight is 829 g/mol. The molecule has 0 atom stereocenters. The van der Waals surface area contributed by atoms with Crippen LogP contribution >= 0.6 is 54.5 Å². The van der Waals surface area contributed by atoms with E-state index in [9.17, 15) is 0 Å². The Morgan fingerprint density at radius 2 is 0.780 bits per heavy atom. The first-order valence-electron chi connectivity index (χ1n) is 18.6. The van der Waals surface area contributed by atoms with E-state index < -0.39 is 0 Å². The number of benzene rings is 3. The molecular weight excluding hydrogens is 780 g/mol. The third-order valence-corrected chi connectivity index (χ3v) is 13.2. The zero-order valence-corrected chi connectivity index (χ0v) is 34.3. The molecule has 0 spiro atoms. The van der Waals surface area contributed by atoms with Crippen LogP contribution in [0.1, 0.15) is 101 Å². The molecule has 0 amide bonds. The van der Waals surface area contributed by atoms with Crippen LogP contribution in [0.2, 0.25) is 0 Å². The first-order chi connectivity index (χ1) is 24.5. The zero-order valence-electron chi connectivity index (χ0n) is 29.4. The summed E-state index contributed by atoms with van der Waals surface area (Å²) >= 11 is 11.3. The zero-order chi connectivity index (χ0) is 34.7. The quantitative estimate of drug-likeness (QED) is 0.0807. The third-order valence-electron chi connectivity index (χ3n) is 9.49. The maximum atomic E-state index is 5.25. The summed E-state index contributed by atoms with van der Waals surface area (Å²) in [5.74, 6) is 0. The van der Waals surface area contributed by atoms with Gasteiger partial charge in [0.1, 0.15) is 11.0 Å². The second kappa shape index (κ2) is 18.7. The number of fused-ring (bicyclic) bond motifs is 1. The van der Waals surface area contributed by atoms with E-state index in [0.717, 1.165) is 42.5 Å². The Labute approximate surface area is 324 Å². The van der Waals surface area contributed by atoms with E-state index >= 15 is 0 Å². The van der Waals surface area contributed by atoms with Crippen LogP contribution in [-0.2, 0) is 12.8 Å². The van der Waals surface area contributed by atoms with Crippen molar-refractivity contribution >= 4 is 65.6 Å². The molecule has 3 heterocycles. The van der Waals surface area contributed by atoms with E-state index in [1.54, 1.807) is 0 Å².